The molecule has 0 N–H and O–H groups in total. The highest BCUT2D eigenvalue weighted by Crippen LogP contribution is 2.32. The lowest BCUT2D eigenvalue weighted by Gasteiger charge is -2.26. The maximum absolute atomic E-state index is 13.3. The van der Waals surface area contributed by atoms with Gasteiger partial charge in [-0.1, -0.05) is 54.1 Å². The van der Waals surface area contributed by atoms with Crippen molar-refractivity contribution >= 4 is 11.6 Å². The van der Waals surface area contributed by atoms with Crippen molar-refractivity contribution < 1.29 is 4.39 Å². The summed E-state index contributed by atoms with van der Waals surface area (Å²) in [5.41, 5.74) is 3.42. The molecule has 1 aliphatic rings. The van der Waals surface area contributed by atoms with Gasteiger partial charge in [-0.3, -0.25) is 0 Å². The Labute approximate surface area is 155 Å². The average molecular weight is 357 g/mol. The molecule has 2 aromatic carbocycles. The molecule has 0 aromatic heterocycles. The Morgan fingerprint density at radius 3 is 2.32 bits per heavy atom. The van der Waals surface area contributed by atoms with Crippen molar-refractivity contribution in [1.82, 2.24) is 0 Å². The Morgan fingerprint density at radius 1 is 1.00 bits per heavy atom. The van der Waals surface area contributed by atoms with Gasteiger partial charge in [0.2, 0.25) is 0 Å². The van der Waals surface area contributed by atoms with Gasteiger partial charge >= 0.3 is 0 Å². The van der Waals surface area contributed by atoms with Gasteiger partial charge in [0.1, 0.15) is 5.82 Å². The lowest BCUT2D eigenvalue weighted by molar-refractivity contribution is 0.296. The Bertz CT molecular complexity index is 709. The third-order valence-corrected chi connectivity index (χ3v) is 5.69. The Hall–Kier alpha value is -1.60. The van der Waals surface area contributed by atoms with Crippen LogP contribution in [-0.4, -0.2) is 0 Å². The van der Waals surface area contributed by atoms with Crippen molar-refractivity contribution in [3.63, 3.8) is 0 Å². The van der Waals surface area contributed by atoms with Crippen molar-refractivity contribution in [2.75, 3.05) is 0 Å². The van der Waals surface area contributed by atoms with E-state index in [2.05, 4.69) is 43.3 Å². The number of rotatable bonds is 5. The average Bonchev–Trinajstić information content (AvgIpc) is 2.64. The summed E-state index contributed by atoms with van der Waals surface area (Å²) in [7, 11) is 0. The normalized spacial score (nSPS) is 20.9. The highest BCUT2D eigenvalue weighted by molar-refractivity contribution is 6.31. The van der Waals surface area contributed by atoms with Crippen LogP contribution in [-0.2, 0) is 6.42 Å². The van der Waals surface area contributed by atoms with E-state index in [1.165, 1.54) is 43.7 Å². The van der Waals surface area contributed by atoms with E-state index in [4.69, 9.17) is 11.6 Å². The minimum atomic E-state index is -0.369. The van der Waals surface area contributed by atoms with Gasteiger partial charge in [-0.25, -0.2) is 4.39 Å². The second-order valence-electron chi connectivity index (χ2n) is 7.17. The lowest BCUT2D eigenvalue weighted by Crippen LogP contribution is -2.13. The predicted octanol–water partition coefficient (Wildman–Crippen LogP) is 7.46. The van der Waals surface area contributed by atoms with Crippen molar-refractivity contribution in [2.45, 2.75) is 45.4 Å². The van der Waals surface area contributed by atoms with Crippen LogP contribution < -0.4 is 0 Å². The van der Waals surface area contributed by atoms with E-state index >= 15 is 0 Å². The third-order valence-electron chi connectivity index (χ3n) is 5.40. The lowest BCUT2D eigenvalue weighted by atomic mass is 9.79. The van der Waals surface area contributed by atoms with Gasteiger partial charge in [-0.2, -0.15) is 0 Å². The molecule has 2 aromatic rings. The van der Waals surface area contributed by atoms with Crippen LogP contribution in [0, 0.1) is 17.7 Å². The number of benzene rings is 2. The van der Waals surface area contributed by atoms with Gasteiger partial charge in [0, 0.05) is 0 Å². The number of allylic oxidation sites excluding steroid dienone is 2. The van der Waals surface area contributed by atoms with Crippen LogP contribution in [0.5, 0.6) is 0 Å². The van der Waals surface area contributed by atoms with Crippen LogP contribution in [0.3, 0.4) is 0 Å². The summed E-state index contributed by atoms with van der Waals surface area (Å²) in [5, 5.41) is 0.176. The molecule has 0 unspecified atom stereocenters. The zero-order chi connectivity index (χ0) is 17.6. The summed E-state index contributed by atoms with van der Waals surface area (Å²) < 4.78 is 13.3. The van der Waals surface area contributed by atoms with Crippen molar-refractivity contribution in [3.05, 3.63) is 71.0 Å². The molecule has 2 heteroatoms. The molecule has 0 radical (unpaired) electrons. The van der Waals surface area contributed by atoms with E-state index in [1.807, 2.05) is 0 Å². The zero-order valence-electron chi connectivity index (χ0n) is 14.8. The fourth-order valence-electron chi connectivity index (χ4n) is 3.85. The molecule has 0 spiro atoms. The van der Waals surface area contributed by atoms with Gasteiger partial charge in [-0.05, 0) is 86.1 Å². The van der Waals surface area contributed by atoms with Gasteiger partial charge in [-0.15, -0.1) is 0 Å². The van der Waals surface area contributed by atoms with Gasteiger partial charge in [0.25, 0.3) is 0 Å². The molecular formula is C23H26ClF. The van der Waals surface area contributed by atoms with E-state index < -0.39 is 0 Å². The maximum Gasteiger partial charge on any atom is 0.141 e. The van der Waals surface area contributed by atoms with Crippen LogP contribution in [0.4, 0.5) is 4.39 Å². The van der Waals surface area contributed by atoms with E-state index in [1.54, 1.807) is 12.1 Å². The zero-order valence-corrected chi connectivity index (χ0v) is 15.6. The number of hydrogen-bond donors (Lipinski definition) is 0. The van der Waals surface area contributed by atoms with Crippen molar-refractivity contribution in [2.24, 2.45) is 11.8 Å². The molecule has 0 heterocycles. The highest BCUT2D eigenvalue weighted by atomic mass is 35.5. The topological polar surface area (TPSA) is 0 Å². The summed E-state index contributed by atoms with van der Waals surface area (Å²) in [5.74, 6) is 1.31. The Balaban J connectivity index is 1.54. The fraction of sp³-hybridized carbons (Fsp3) is 0.391. The molecule has 132 valence electrons. The first kappa shape index (κ1) is 18.2. The minimum Gasteiger partial charge on any atom is -0.205 e. The molecule has 3 rings (SSSR count). The number of hydrogen-bond acceptors (Lipinski definition) is 0. The van der Waals surface area contributed by atoms with Gasteiger partial charge in [0.15, 0.2) is 0 Å². The molecular weight excluding hydrogens is 331 g/mol. The smallest absolute Gasteiger partial charge is 0.141 e. The largest absolute Gasteiger partial charge is 0.205 e. The van der Waals surface area contributed by atoms with Gasteiger partial charge < -0.3 is 0 Å². The summed E-state index contributed by atoms with van der Waals surface area (Å²) in [6.45, 7) is 2.12. The van der Waals surface area contributed by atoms with E-state index in [-0.39, 0.29) is 10.8 Å². The molecule has 1 aliphatic carbocycles. The molecule has 0 bridgehead atoms. The molecule has 1 fully saturated rings. The molecule has 0 atom stereocenters. The van der Waals surface area contributed by atoms with Crippen molar-refractivity contribution in [1.29, 1.82) is 0 Å². The number of halogens is 2. The summed E-state index contributed by atoms with van der Waals surface area (Å²) in [4.78, 5) is 0. The number of aryl methyl sites for hydroxylation is 1. The van der Waals surface area contributed by atoms with Gasteiger partial charge in [0.05, 0.1) is 5.02 Å². The monoisotopic (exact) mass is 356 g/mol. The van der Waals surface area contributed by atoms with E-state index in [0.717, 1.165) is 29.4 Å². The SMILES string of the molecule is C/C=C/C1CCC(CCc2ccc(-c3ccc(F)c(Cl)c3)cc2)CC1. The first-order valence-electron chi connectivity index (χ1n) is 9.33. The Morgan fingerprint density at radius 2 is 1.68 bits per heavy atom. The second-order valence-corrected chi connectivity index (χ2v) is 7.58. The van der Waals surface area contributed by atoms with E-state index in [0.29, 0.717) is 0 Å². The predicted molar refractivity (Wildman–Crippen MR) is 105 cm³/mol. The van der Waals surface area contributed by atoms with Crippen molar-refractivity contribution in [3.8, 4) is 11.1 Å². The summed E-state index contributed by atoms with van der Waals surface area (Å²) >= 11 is 5.88. The van der Waals surface area contributed by atoms with Crippen LogP contribution in [0.1, 0.15) is 44.6 Å². The first-order chi connectivity index (χ1) is 12.2. The van der Waals surface area contributed by atoms with Crippen LogP contribution in [0.15, 0.2) is 54.6 Å². The summed E-state index contributed by atoms with van der Waals surface area (Å²) in [6, 6.07) is 13.5. The molecule has 1 saturated carbocycles. The Kier molecular flexibility index (Phi) is 6.31. The van der Waals surface area contributed by atoms with E-state index in [9.17, 15) is 4.39 Å². The third kappa shape index (κ3) is 4.95. The van der Waals surface area contributed by atoms with Crippen LogP contribution in [0.2, 0.25) is 5.02 Å². The standard InChI is InChI=1S/C23H26ClF/c1-2-3-17-4-6-18(7-5-17)8-9-19-10-12-20(13-11-19)21-14-15-23(25)22(24)16-21/h2-3,10-18H,4-9H2,1H3/b3-2+. The molecule has 25 heavy (non-hydrogen) atoms. The molecule has 0 aliphatic heterocycles. The highest BCUT2D eigenvalue weighted by Gasteiger charge is 2.19. The first-order valence-corrected chi connectivity index (χ1v) is 9.70. The second kappa shape index (κ2) is 8.67. The minimum absolute atomic E-state index is 0.176. The quantitative estimate of drug-likeness (QED) is 0.487. The van der Waals surface area contributed by atoms with Crippen LogP contribution >= 0.6 is 11.6 Å². The molecule has 0 saturated heterocycles. The maximum atomic E-state index is 13.3. The molecule has 0 nitrogen and oxygen atoms in total. The van der Waals surface area contributed by atoms with Crippen LogP contribution in [0.25, 0.3) is 11.1 Å². The fourth-order valence-corrected chi connectivity index (χ4v) is 4.03. The molecule has 0 amide bonds. The summed E-state index contributed by atoms with van der Waals surface area (Å²) in [6.07, 6.45) is 12.4.